The van der Waals surface area contributed by atoms with Crippen molar-refractivity contribution in [2.75, 3.05) is 0 Å². The predicted molar refractivity (Wildman–Crippen MR) is 75.7 cm³/mol. The van der Waals surface area contributed by atoms with Crippen LogP contribution in [0, 0.1) is 21.7 Å². The summed E-state index contributed by atoms with van der Waals surface area (Å²) in [6.45, 7) is 24.0. The van der Waals surface area contributed by atoms with Crippen molar-refractivity contribution in [1.82, 2.24) is 0 Å². The third kappa shape index (κ3) is 3.25. The average molecular weight is 226 g/mol. The molecule has 0 saturated carbocycles. The molecule has 0 bridgehead atoms. The average Bonchev–Trinajstić information content (AvgIpc) is 1.98. The van der Waals surface area contributed by atoms with Crippen LogP contribution in [0.3, 0.4) is 0 Å². The van der Waals surface area contributed by atoms with E-state index in [1.807, 2.05) is 0 Å². The van der Waals surface area contributed by atoms with Gasteiger partial charge in [-0.2, -0.15) is 0 Å². The Bertz CT molecular complexity index is 221. The van der Waals surface area contributed by atoms with E-state index >= 15 is 0 Å². The molecule has 0 saturated heterocycles. The Balaban J connectivity index is 5.39. The largest absolute Gasteiger partial charge is 0.0649 e. The molecule has 0 aromatic heterocycles. The Hall–Kier alpha value is 0. The van der Waals surface area contributed by atoms with E-state index in [1.54, 1.807) is 0 Å². The van der Waals surface area contributed by atoms with Crippen LogP contribution in [0.5, 0.6) is 0 Å². The van der Waals surface area contributed by atoms with Gasteiger partial charge in [0.1, 0.15) is 0 Å². The maximum atomic E-state index is 2.49. The van der Waals surface area contributed by atoms with Gasteiger partial charge in [-0.25, -0.2) is 0 Å². The van der Waals surface area contributed by atoms with Gasteiger partial charge in [0.05, 0.1) is 0 Å². The lowest BCUT2D eigenvalue weighted by Crippen LogP contribution is -2.47. The second-order valence-electron chi connectivity index (χ2n) is 8.56. The lowest BCUT2D eigenvalue weighted by molar-refractivity contribution is -0.0600. The first-order valence-corrected chi connectivity index (χ1v) is 6.77. The van der Waals surface area contributed by atoms with Crippen molar-refractivity contribution in [3.05, 3.63) is 0 Å². The standard InChI is InChI=1S/C16H34/c1-11-15(8,9)16(10,14(5,6)7)12-13(2,3)4/h11-12H2,1-10H3. The normalized spacial score (nSPS) is 18.4. The summed E-state index contributed by atoms with van der Waals surface area (Å²) in [5.74, 6) is 0. The maximum absolute atomic E-state index is 2.49. The first-order valence-electron chi connectivity index (χ1n) is 6.77. The molecule has 16 heavy (non-hydrogen) atoms. The smallest absolute Gasteiger partial charge is 0.0221 e. The zero-order valence-corrected chi connectivity index (χ0v) is 13.4. The Morgan fingerprint density at radius 2 is 1.06 bits per heavy atom. The third-order valence-electron chi connectivity index (χ3n) is 4.92. The molecule has 0 aliphatic carbocycles. The van der Waals surface area contributed by atoms with Crippen molar-refractivity contribution in [3.63, 3.8) is 0 Å². The molecule has 0 fully saturated rings. The minimum absolute atomic E-state index is 0.347. The van der Waals surface area contributed by atoms with Gasteiger partial charge in [0.25, 0.3) is 0 Å². The summed E-state index contributed by atoms with van der Waals surface area (Å²) < 4.78 is 0. The van der Waals surface area contributed by atoms with E-state index in [2.05, 4.69) is 69.2 Å². The Labute approximate surface area is 104 Å². The zero-order valence-electron chi connectivity index (χ0n) is 13.4. The molecular weight excluding hydrogens is 192 g/mol. The van der Waals surface area contributed by atoms with Crippen LogP contribution in [-0.2, 0) is 0 Å². The first-order chi connectivity index (χ1) is 6.77. The summed E-state index contributed by atoms with van der Waals surface area (Å²) in [5.41, 5.74) is 1.50. The minimum atomic E-state index is 0.347. The molecule has 0 amide bonds. The van der Waals surface area contributed by atoms with E-state index in [0.717, 1.165) is 0 Å². The van der Waals surface area contributed by atoms with Crippen molar-refractivity contribution in [1.29, 1.82) is 0 Å². The maximum Gasteiger partial charge on any atom is -0.0221 e. The van der Waals surface area contributed by atoms with Crippen LogP contribution >= 0.6 is 0 Å². The molecule has 0 spiro atoms. The van der Waals surface area contributed by atoms with Crippen LogP contribution in [0.25, 0.3) is 0 Å². The van der Waals surface area contributed by atoms with Gasteiger partial charge in [0, 0.05) is 0 Å². The van der Waals surface area contributed by atoms with E-state index in [0.29, 0.717) is 21.7 Å². The van der Waals surface area contributed by atoms with Gasteiger partial charge in [-0.05, 0) is 28.1 Å². The van der Waals surface area contributed by atoms with Crippen molar-refractivity contribution in [2.45, 2.75) is 82.1 Å². The first kappa shape index (κ1) is 16.0. The molecule has 0 aromatic carbocycles. The highest BCUT2D eigenvalue weighted by molar-refractivity contribution is 4.98. The quantitative estimate of drug-likeness (QED) is 0.561. The van der Waals surface area contributed by atoms with E-state index < -0.39 is 0 Å². The highest BCUT2D eigenvalue weighted by atomic mass is 14.5. The fourth-order valence-corrected chi connectivity index (χ4v) is 2.97. The summed E-state index contributed by atoms with van der Waals surface area (Å²) in [6.07, 6.45) is 2.53. The lowest BCUT2D eigenvalue weighted by Gasteiger charge is -2.55. The number of hydrogen-bond acceptors (Lipinski definition) is 0. The molecule has 0 nitrogen and oxygen atoms in total. The fraction of sp³-hybridized carbons (Fsp3) is 1.00. The molecular formula is C16H34. The van der Waals surface area contributed by atoms with Crippen molar-refractivity contribution >= 4 is 0 Å². The van der Waals surface area contributed by atoms with Crippen molar-refractivity contribution < 1.29 is 0 Å². The molecule has 1 unspecified atom stereocenters. The molecule has 0 aliphatic rings. The van der Waals surface area contributed by atoms with Crippen LogP contribution in [-0.4, -0.2) is 0 Å². The Kier molecular flexibility index (Phi) is 4.35. The summed E-state index contributed by atoms with van der Waals surface area (Å²) >= 11 is 0. The van der Waals surface area contributed by atoms with E-state index in [-0.39, 0.29) is 0 Å². The van der Waals surface area contributed by atoms with E-state index in [1.165, 1.54) is 12.8 Å². The number of rotatable bonds is 3. The molecule has 0 heterocycles. The highest BCUT2D eigenvalue weighted by Crippen LogP contribution is 2.58. The summed E-state index contributed by atoms with van der Waals surface area (Å²) in [7, 11) is 0. The SMILES string of the molecule is CCC(C)(C)C(C)(CC(C)(C)C)C(C)(C)C. The van der Waals surface area contributed by atoms with Crippen LogP contribution in [0.2, 0.25) is 0 Å². The zero-order chi connectivity index (χ0) is 13.4. The third-order valence-corrected chi connectivity index (χ3v) is 4.92. The predicted octanol–water partition coefficient (Wildman–Crippen LogP) is 5.91. The van der Waals surface area contributed by atoms with E-state index in [9.17, 15) is 0 Å². The van der Waals surface area contributed by atoms with Crippen molar-refractivity contribution in [3.8, 4) is 0 Å². The summed E-state index contributed by atoms with van der Waals surface area (Å²) in [5, 5.41) is 0. The Morgan fingerprint density at radius 1 is 0.688 bits per heavy atom. The fourth-order valence-electron chi connectivity index (χ4n) is 2.97. The summed E-state index contributed by atoms with van der Waals surface area (Å²) in [4.78, 5) is 0. The second-order valence-corrected chi connectivity index (χ2v) is 8.56. The molecule has 0 rings (SSSR count). The van der Waals surface area contributed by atoms with Gasteiger partial charge < -0.3 is 0 Å². The second kappa shape index (κ2) is 4.35. The van der Waals surface area contributed by atoms with Crippen molar-refractivity contribution in [2.24, 2.45) is 21.7 Å². The van der Waals surface area contributed by atoms with Crippen LogP contribution in [0.1, 0.15) is 82.1 Å². The minimum Gasteiger partial charge on any atom is -0.0649 e. The van der Waals surface area contributed by atoms with Gasteiger partial charge in [-0.1, -0.05) is 75.7 Å². The van der Waals surface area contributed by atoms with Gasteiger partial charge in [-0.3, -0.25) is 0 Å². The van der Waals surface area contributed by atoms with Gasteiger partial charge >= 0.3 is 0 Å². The molecule has 0 aromatic rings. The lowest BCUT2D eigenvalue weighted by atomic mass is 9.49. The van der Waals surface area contributed by atoms with Crippen LogP contribution in [0.15, 0.2) is 0 Å². The summed E-state index contributed by atoms with van der Waals surface area (Å²) in [6, 6.07) is 0. The molecule has 0 N–H and O–H groups in total. The monoisotopic (exact) mass is 226 g/mol. The van der Waals surface area contributed by atoms with Crippen LogP contribution in [0.4, 0.5) is 0 Å². The molecule has 0 radical (unpaired) electrons. The molecule has 0 aliphatic heterocycles. The van der Waals surface area contributed by atoms with Gasteiger partial charge in [0.15, 0.2) is 0 Å². The highest BCUT2D eigenvalue weighted by Gasteiger charge is 2.49. The number of hydrogen-bond donors (Lipinski definition) is 0. The van der Waals surface area contributed by atoms with Gasteiger partial charge in [0.2, 0.25) is 0 Å². The van der Waals surface area contributed by atoms with E-state index in [4.69, 9.17) is 0 Å². The topological polar surface area (TPSA) is 0 Å². The molecule has 98 valence electrons. The van der Waals surface area contributed by atoms with Gasteiger partial charge in [-0.15, -0.1) is 0 Å². The Morgan fingerprint density at radius 3 is 1.25 bits per heavy atom. The molecule has 1 atom stereocenters. The van der Waals surface area contributed by atoms with Crippen LogP contribution < -0.4 is 0 Å². The molecule has 0 heteroatoms.